The average molecular weight is 351 g/mol. The first-order chi connectivity index (χ1) is 12.6. The highest BCUT2D eigenvalue weighted by atomic mass is 19.1. The zero-order valence-electron chi connectivity index (χ0n) is 14.9. The second-order valence-corrected chi connectivity index (χ2v) is 6.89. The van der Waals surface area contributed by atoms with Crippen LogP contribution in [0.3, 0.4) is 0 Å². The molecule has 0 N–H and O–H groups in total. The van der Waals surface area contributed by atoms with E-state index >= 15 is 0 Å². The van der Waals surface area contributed by atoms with Crippen LogP contribution in [-0.4, -0.2) is 5.97 Å². The van der Waals surface area contributed by atoms with Crippen molar-refractivity contribution in [2.24, 2.45) is 5.92 Å². The lowest BCUT2D eigenvalue weighted by atomic mass is 9.78. The first-order valence-electron chi connectivity index (χ1n) is 9.12. The minimum Gasteiger partial charge on any atom is -0.420 e. The van der Waals surface area contributed by atoms with Gasteiger partial charge in [-0.25, -0.2) is 9.18 Å². The molecule has 1 fully saturated rings. The summed E-state index contributed by atoms with van der Waals surface area (Å²) in [5.41, 5.74) is 1.82. The zero-order chi connectivity index (χ0) is 18.5. The van der Waals surface area contributed by atoms with Crippen LogP contribution < -0.4 is 4.74 Å². The van der Waals surface area contributed by atoms with Gasteiger partial charge in [-0.3, -0.25) is 0 Å². The number of esters is 1. The second kappa shape index (κ2) is 8.14. The van der Waals surface area contributed by atoms with Crippen molar-refractivity contribution in [3.05, 3.63) is 65.0 Å². The molecule has 0 radical (unpaired) electrons. The van der Waals surface area contributed by atoms with E-state index in [1.54, 1.807) is 12.1 Å². The Morgan fingerprint density at radius 1 is 1.15 bits per heavy atom. The van der Waals surface area contributed by atoms with Crippen molar-refractivity contribution < 1.29 is 13.9 Å². The summed E-state index contributed by atoms with van der Waals surface area (Å²) in [7, 11) is 0. The number of rotatable bonds is 4. The van der Waals surface area contributed by atoms with Crippen molar-refractivity contribution in [2.45, 2.75) is 44.9 Å². The van der Waals surface area contributed by atoms with Gasteiger partial charge in [0.2, 0.25) is 0 Å². The molecular weight excluding hydrogens is 329 g/mol. The molecule has 2 aromatic carbocycles. The Bertz CT molecular complexity index is 815. The Morgan fingerprint density at radius 2 is 1.85 bits per heavy atom. The number of nitrogens with zero attached hydrogens (tertiary/aromatic N) is 1. The van der Waals surface area contributed by atoms with Crippen LogP contribution in [0.4, 0.5) is 4.39 Å². The lowest BCUT2D eigenvalue weighted by Gasteiger charge is -2.28. The van der Waals surface area contributed by atoms with Gasteiger partial charge in [0, 0.05) is 0 Å². The number of hydrogen-bond acceptors (Lipinski definition) is 3. The summed E-state index contributed by atoms with van der Waals surface area (Å²) in [5.74, 6) is -0.0887. The number of halogens is 1. The summed E-state index contributed by atoms with van der Waals surface area (Å²) in [6, 6.07) is 13.0. The van der Waals surface area contributed by atoms with Gasteiger partial charge in [-0.05, 0) is 73.4 Å². The van der Waals surface area contributed by atoms with Gasteiger partial charge in [0.1, 0.15) is 0 Å². The van der Waals surface area contributed by atoms with E-state index < -0.39 is 11.8 Å². The van der Waals surface area contributed by atoms with Crippen molar-refractivity contribution in [3.8, 4) is 11.8 Å². The quantitative estimate of drug-likeness (QED) is 0.532. The molecule has 1 aliphatic carbocycles. The monoisotopic (exact) mass is 351 g/mol. The number of ether oxygens (including phenoxy) is 1. The van der Waals surface area contributed by atoms with Crippen LogP contribution in [0, 0.1) is 23.1 Å². The normalized spacial score (nSPS) is 19.6. The smallest absolute Gasteiger partial charge is 0.343 e. The first-order valence-corrected chi connectivity index (χ1v) is 9.12. The van der Waals surface area contributed by atoms with E-state index in [0.29, 0.717) is 11.5 Å². The fourth-order valence-corrected chi connectivity index (χ4v) is 3.61. The molecule has 2 aromatic rings. The maximum absolute atomic E-state index is 13.9. The van der Waals surface area contributed by atoms with E-state index in [2.05, 4.69) is 6.92 Å². The summed E-state index contributed by atoms with van der Waals surface area (Å²) < 4.78 is 19.0. The highest BCUT2D eigenvalue weighted by molar-refractivity contribution is 5.91. The van der Waals surface area contributed by atoms with Crippen LogP contribution in [0.1, 0.15) is 66.4 Å². The van der Waals surface area contributed by atoms with Gasteiger partial charge in [-0.1, -0.05) is 25.5 Å². The van der Waals surface area contributed by atoms with Crippen molar-refractivity contribution in [1.82, 2.24) is 0 Å². The van der Waals surface area contributed by atoms with E-state index in [-0.39, 0.29) is 11.3 Å². The molecule has 0 heterocycles. The SMILES string of the molecule is CCC1CCC(c2ccc(C(=O)Oc3ccc(C#N)cc3F)cc2)CC1. The molecule has 3 rings (SSSR count). The van der Waals surface area contributed by atoms with Gasteiger partial charge in [0.15, 0.2) is 11.6 Å². The van der Waals surface area contributed by atoms with Gasteiger partial charge < -0.3 is 4.74 Å². The van der Waals surface area contributed by atoms with Crippen LogP contribution in [0.5, 0.6) is 5.75 Å². The van der Waals surface area contributed by atoms with E-state index in [9.17, 15) is 9.18 Å². The topological polar surface area (TPSA) is 50.1 Å². The van der Waals surface area contributed by atoms with Crippen LogP contribution in [-0.2, 0) is 0 Å². The van der Waals surface area contributed by atoms with Crippen LogP contribution in [0.15, 0.2) is 42.5 Å². The van der Waals surface area contributed by atoms with Gasteiger partial charge >= 0.3 is 5.97 Å². The summed E-state index contributed by atoms with van der Waals surface area (Å²) in [5, 5.41) is 8.75. The molecule has 0 spiro atoms. The molecule has 3 nitrogen and oxygen atoms in total. The Labute approximate surface area is 153 Å². The highest BCUT2D eigenvalue weighted by Crippen LogP contribution is 2.36. The van der Waals surface area contributed by atoms with Crippen LogP contribution in [0.25, 0.3) is 0 Å². The minimum atomic E-state index is -0.721. The lowest BCUT2D eigenvalue weighted by molar-refractivity contribution is 0.0728. The molecule has 0 unspecified atom stereocenters. The number of carbonyl (C=O) groups excluding carboxylic acids is 1. The Morgan fingerprint density at radius 3 is 2.42 bits per heavy atom. The molecule has 1 aliphatic rings. The maximum atomic E-state index is 13.9. The first kappa shape index (κ1) is 18.1. The van der Waals surface area contributed by atoms with Crippen molar-refractivity contribution in [3.63, 3.8) is 0 Å². The third kappa shape index (κ3) is 4.11. The molecule has 0 atom stereocenters. The molecule has 4 heteroatoms. The lowest BCUT2D eigenvalue weighted by Crippen LogP contribution is -2.13. The highest BCUT2D eigenvalue weighted by Gasteiger charge is 2.21. The molecule has 0 aliphatic heterocycles. The minimum absolute atomic E-state index is 0.170. The molecule has 0 saturated heterocycles. The predicted molar refractivity (Wildman–Crippen MR) is 97.5 cm³/mol. The van der Waals surface area contributed by atoms with E-state index in [1.807, 2.05) is 18.2 Å². The molecular formula is C22H22FNO2. The maximum Gasteiger partial charge on any atom is 0.343 e. The fourth-order valence-electron chi connectivity index (χ4n) is 3.61. The van der Waals surface area contributed by atoms with Crippen molar-refractivity contribution >= 4 is 5.97 Å². The summed E-state index contributed by atoms with van der Waals surface area (Å²) in [4.78, 5) is 12.2. The molecule has 26 heavy (non-hydrogen) atoms. The van der Waals surface area contributed by atoms with Gasteiger partial charge in [0.25, 0.3) is 0 Å². The van der Waals surface area contributed by atoms with Gasteiger partial charge in [0.05, 0.1) is 17.2 Å². The number of benzene rings is 2. The summed E-state index contributed by atoms with van der Waals surface area (Å²) >= 11 is 0. The Kier molecular flexibility index (Phi) is 5.68. The second-order valence-electron chi connectivity index (χ2n) is 6.89. The third-order valence-corrected chi connectivity index (χ3v) is 5.31. The summed E-state index contributed by atoms with van der Waals surface area (Å²) in [6.07, 6.45) is 6.17. The van der Waals surface area contributed by atoms with Crippen LogP contribution in [0.2, 0.25) is 0 Å². The standard InChI is InChI=1S/C22H22FNO2/c1-2-15-3-6-17(7-4-15)18-8-10-19(11-9-18)22(25)26-21-12-5-16(14-24)13-20(21)23/h5,8-13,15,17H,2-4,6-7H2,1H3. The van der Waals surface area contributed by atoms with E-state index in [0.717, 1.165) is 12.0 Å². The van der Waals surface area contributed by atoms with Crippen molar-refractivity contribution in [2.75, 3.05) is 0 Å². The largest absolute Gasteiger partial charge is 0.420 e. The number of nitriles is 1. The van der Waals surface area contributed by atoms with Crippen LogP contribution >= 0.6 is 0 Å². The molecule has 0 aromatic heterocycles. The molecule has 0 amide bonds. The molecule has 134 valence electrons. The van der Waals surface area contributed by atoms with E-state index in [1.165, 1.54) is 49.8 Å². The predicted octanol–water partition coefficient (Wildman–Crippen LogP) is 5.60. The summed E-state index contributed by atoms with van der Waals surface area (Å²) in [6.45, 7) is 2.25. The average Bonchev–Trinajstić information content (AvgIpc) is 2.69. The number of carbonyl (C=O) groups is 1. The van der Waals surface area contributed by atoms with Gasteiger partial charge in [-0.15, -0.1) is 0 Å². The van der Waals surface area contributed by atoms with Gasteiger partial charge in [-0.2, -0.15) is 5.26 Å². The van der Waals surface area contributed by atoms with E-state index in [4.69, 9.17) is 10.00 Å². The zero-order valence-corrected chi connectivity index (χ0v) is 14.9. The molecule has 1 saturated carbocycles. The number of hydrogen-bond donors (Lipinski definition) is 0. The Balaban J connectivity index is 1.65. The fraction of sp³-hybridized carbons (Fsp3) is 0.364. The van der Waals surface area contributed by atoms with Crippen molar-refractivity contribution in [1.29, 1.82) is 5.26 Å². The third-order valence-electron chi connectivity index (χ3n) is 5.31. The Hall–Kier alpha value is -2.67. The molecule has 0 bridgehead atoms.